The summed E-state index contributed by atoms with van der Waals surface area (Å²) in [5, 5.41) is 3.30. The van der Waals surface area contributed by atoms with Gasteiger partial charge in [-0.2, -0.15) is 0 Å². The molecule has 1 aromatic carbocycles. The van der Waals surface area contributed by atoms with E-state index in [2.05, 4.69) is 47.3 Å². The van der Waals surface area contributed by atoms with Crippen molar-refractivity contribution in [1.29, 1.82) is 0 Å². The van der Waals surface area contributed by atoms with Gasteiger partial charge in [-0.15, -0.1) is 0 Å². The highest BCUT2D eigenvalue weighted by molar-refractivity contribution is 5.83. The SMILES string of the molecule is C[C@@H]1COc2ccccc2CCCCC2(CCN(C3CCN(C)CC3)CC2)C(=O)N1. The minimum atomic E-state index is -0.199. The third-order valence-electron chi connectivity index (χ3n) is 7.63. The molecule has 0 aromatic heterocycles. The van der Waals surface area contributed by atoms with Crippen molar-refractivity contribution in [2.75, 3.05) is 39.8 Å². The lowest BCUT2D eigenvalue weighted by molar-refractivity contribution is -0.136. The number of likely N-dealkylation sites (tertiary alicyclic amines) is 2. The second kappa shape index (κ2) is 9.69. The minimum absolute atomic E-state index is 0.0220. The lowest BCUT2D eigenvalue weighted by Crippen LogP contribution is -2.54. The molecular weight excluding hydrogens is 374 g/mol. The van der Waals surface area contributed by atoms with Gasteiger partial charge in [0.25, 0.3) is 0 Å². The Balaban J connectivity index is 1.41. The number of rotatable bonds is 1. The Morgan fingerprint density at radius 3 is 2.53 bits per heavy atom. The van der Waals surface area contributed by atoms with Gasteiger partial charge in [0.1, 0.15) is 12.4 Å². The molecule has 0 unspecified atom stereocenters. The van der Waals surface area contributed by atoms with Crippen molar-refractivity contribution in [3.05, 3.63) is 29.8 Å². The molecule has 5 heteroatoms. The monoisotopic (exact) mass is 413 g/mol. The minimum Gasteiger partial charge on any atom is -0.491 e. The first-order valence-electron chi connectivity index (χ1n) is 12.0. The van der Waals surface area contributed by atoms with Crippen LogP contribution >= 0.6 is 0 Å². The number of nitrogens with zero attached hydrogens (tertiary/aromatic N) is 2. The smallest absolute Gasteiger partial charge is 0.226 e. The maximum Gasteiger partial charge on any atom is 0.226 e. The van der Waals surface area contributed by atoms with Crippen LogP contribution in [0.5, 0.6) is 5.75 Å². The number of para-hydroxylation sites is 1. The molecular formula is C25H39N3O2. The summed E-state index contributed by atoms with van der Waals surface area (Å²) in [7, 11) is 2.22. The number of carbonyl (C=O) groups excluding carboxylic acids is 1. The molecule has 0 saturated carbocycles. The van der Waals surface area contributed by atoms with Crippen LogP contribution in [0.2, 0.25) is 0 Å². The van der Waals surface area contributed by atoms with Crippen molar-refractivity contribution < 1.29 is 9.53 Å². The van der Waals surface area contributed by atoms with Crippen LogP contribution in [0.25, 0.3) is 0 Å². The normalized spacial score (nSPS) is 27.4. The molecule has 30 heavy (non-hydrogen) atoms. The number of fused-ring (bicyclic) bond motifs is 1. The predicted octanol–water partition coefficient (Wildman–Crippen LogP) is 3.47. The molecule has 0 radical (unpaired) electrons. The Labute approximate surface area is 182 Å². The van der Waals surface area contributed by atoms with Gasteiger partial charge in [0.2, 0.25) is 5.91 Å². The Morgan fingerprint density at radius 2 is 1.77 bits per heavy atom. The van der Waals surface area contributed by atoms with Crippen molar-refractivity contribution in [3.63, 3.8) is 0 Å². The fourth-order valence-corrected chi connectivity index (χ4v) is 5.53. The van der Waals surface area contributed by atoms with Crippen molar-refractivity contribution in [2.45, 2.75) is 70.4 Å². The zero-order chi connectivity index (χ0) is 21.0. The fraction of sp³-hybridized carbons (Fsp3) is 0.720. The highest BCUT2D eigenvalue weighted by Crippen LogP contribution is 2.39. The van der Waals surface area contributed by atoms with Gasteiger partial charge in [-0.25, -0.2) is 0 Å². The largest absolute Gasteiger partial charge is 0.491 e. The Hall–Kier alpha value is -1.59. The van der Waals surface area contributed by atoms with Crippen LogP contribution in [0, 0.1) is 5.41 Å². The van der Waals surface area contributed by atoms with E-state index in [-0.39, 0.29) is 17.4 Å². The van der Waals surface area contributed by atoms with E-state index in [4.69, 9.17) is 4.74 Å². The third-order valence-corrected chi connectivity index (χ3v) is 7.63. The molecule has 3 aliphatic rings. The number of hydrogen-bond acceptors (Lipinski definition) is 4. The van der Waals surface area contributed by atoms with E-state index in [9.17, 15) is 4.79 Å². The quantitative estimate of drug-likeness (QED) is 0.766. The molecule has 3 aliphatic heterocycles. The molecule has 0 aliphatic carbocycles. The average Bonchev–Trinajstić information content (AvgIpc) is 2.76. The second-order valence-electron chi connectivity index (χ2n) is 9.85. The summed E-state index contributed by atoms with van der Waals surface area (Å²) in [6.45, 7) is 7.12. The summed E-state index contributed by atoms with van der Waals surface area (Å²) >= 11 is 0. The number of piperidine rings is 2. The molecule has 1 atom stereocenters. The van der Waals surface area contributed by atoms with E-state index in [1.807, 2.05) is 6.07 Å². The molecule has 1 N–H and O–H groups in total. The van der Waals surface area contributed by atoms with E-state index in [0.717, 1.165) is 57.4 Å². The first-order valence-corrected chi connectivity index (χ1v) is 12.0. The molecule has 2 saturated heterocycles. The van der Waals surface area contributed by atoms with Crippen LogP contribution in [0.1, 0.15) is 57.4 Å². The van der Waals surface area contributed by atoms with Gasteiger partial charge in [0.05, 0.1) is 11.5 Å². The number of carbonyl (C=O) groups is 1. The fourth-order valence-electron chi connectivity index (χ4n) is 5.53. The summed E-state index contributed by atoms with van der Waals surface area (Å²) in [4.78, 5) is 18.5. The van der Waals surface area contributed by atoms with Crippen LogP contribution in [-0.4, -0.2) is 67.6 Å². The van der Waals surface area contributed by atoms with Gasteiger partial charge < -0.3 is 19.9 Å². The van der Waals surface area contributed by atoms with Crippen LogP contribution in [-0.2, 0) is 11.2 Å². The van der Waals surface area contributed by atoms with Crippen molar-refractivity contribution in [2.24, 2.45) is 5.41 Å². The van der Waals surface area contributed by atoms with E-state index >= 15 is 0 Å². The second-order valence-corrected chi connectivity index (χ2v) is 9.85. The Kier molecular flexibility index (Phi) is 6.99. The molecule has 4 rings (SSSR count). The standard InChI is InChI=1S/C25H39N3O2/c1-20-19-30-23-9-4-3-7-21(23)8-5-6-12-25(24(29)26-20)13-17-28(18-14-25)22-10-15-27(2)16-11-22/h3-4,7,9,20,22H,5-6,8,10-19H2,1-2H3,(H,26,29)/t20-/m1/s1. The summed E-state index contributed by atoms with van der Waals surface area (Å²) in [6, 6.07) is 9.09. The lowest BCUT2D eigenvalue weighted by Gasteiger charge is -2.45. The molecule has 166 valence electrons. The van der Waals surface area contributed by atoms with E-state index in [1.54, 1.807) is 0 Å². The van der Waals surface area contributed by atoms with E-state index in [1.165, 1.54) is 31.5 Å². The number of amides is 1. The van der Waals surface area contributed by atoms with E-state index in [0.29, 0.717) is 12.6 Å². The van der Waals surface area contributed by atoms with Gasteiger partial charge in [-0.1, -0.05) is 24.6 Å². The summed E-state index contributed by atoms with van der Waals surface area (Å²) in [6.07, 6.45) is 8.78. The molecule has 1 spiro atoms. The topological polar surface area (TPSA) is 44.8 Å². The predicted molar refractivity (Wildman–Crippen MR) is 121 cm³/mol. The third kappa shape index (κ3) is 5.00. The maximum atomic E-state index is 13.4. The van der Waals surface area contributed by atoms with Gasteiger partial charge in [0, 0.05) is 6.04 Å². The Morgan fingerprint density at radius 1 is 1.03 bits per heavy atom. The number of hydrogen-bond donors (Lipinski definition) is 1. The molecule has 3 heterocycles. The first-order chi connectivity index (χ1) is 14.6. The van der Waals surface area contributed by atoms with Crippen LogP contribution < -0.4 is 10.1 Å². The Bertz CT molecular complexity index is 706. The molecule has 1 aromatic rings. The maximum absolute atomic E-state index is 13.4. The molecule has 1 amide bonds. The number of aryl methyl sites for hydroxylation is 1. The number of nitrogens with one attached hydrogen (secondary N) is 1. The van der Waals surface area contributed by atoms with Gasteiger partial charge >= 0.3 is 0 Å². The summed E-state index contributed by atoms with van der Waals surface area (Å²) < 4.78 is 6.07. The van der Waals surface area contributed by atoms with Crippen molar-refractivity contribution >= 4 is 5.91 Å². The van der Waals surface area contributed by atoms with E-state index < -0.39 is 0 Å². The lowest BCUT2D eigenvalue weighted by atomic mass is 9.73. The van der Waals surface area contributed by atoms with Crippen LogP contribution in [0.4, 0.5) is 0 Å². The highest BCUT2D eigenvalue weighted by Gasteiger charge is 2.42. The highest BCUT2D eigenvalue weighted by atomic mass is 16.5. The van der Waals surface area contributed by atoms with Crippen molar-refractivity contribution in [1.82, 2.24) is 15.1 Å². The van der Waals surface area contributed by atoms with Crippen LogP contribution in [0.3, 0.4) is 0 Å². The molecule has 5 nitrogen and oxygen atoms in total. The molecule has 2 fully saturated rings. The average molecular weight is 414 g/mol. The van der Waals surface area contributed by atoms with Gasteiger partial charge in [-0.05, 0) is 96.7 Å². The zero-order valence-electron chi connectivity index (χ0n) is 18.9. The first kappa shape index (κ1) is 21.6. The summed E-state index contributed by atoms with van der Waals surface area (Å²) in [5.41, 5.74) is 1.09. The number of benzene rings is 1. The van der Waals surface area contributed by atoms with Gasteiger partial charge in [0.15, 0.2) is 0 Å². The summed E-state index contributed by atoms with van der Waals surface area (Å²) in [5.74, 6) is 1.23. The van der Waals surface area contributed by atoms with Crippen LogP contribution in [0.15, 0.2) is 24.3 Å². The zero-order valence-corrected chi connectivity index (χ0v) is 18.9. The van der Waals surface area contributed by atoms with Crippen molar-refractivity contribution in [3.8, 4) is 5.75 Å². The van der Waals surface area contributed by atoms with Gasteiger partial charge in [-0.3, -0.25) is 4.79 Å². The number of ether oxygens (including phenoxy) is 1. The molecule has 0 bridgehead atoms.